The number of nitro groups is 1. The zero-order valence-electron chi connectivity index (χ0n) is 12.7. The van der Waals surface area contributed by atoms with E-state index in [0.29, 0.717) is 10.0 Å². The van der Waals surface area contributed by atoms with Gasteiger partial charge in [-0.1, -0.05) is 19.8 Å². The van der Waals surface area contributed by atoms with Crippen LogP contribution >= 0.6 is 15.9 Å². The highest BCUT2D eigenvalue weighted by Crippen LogP contribution is 2.40. The summed E-state index contributed by atoms with van der Waals surface area (Å²) in [5.41, 5.74) is 0.660. The minimum atomic E-state index is -0.414. The van der Waals surface area contributed by atoms with Crippen molar-refractivity contribution in [2.24, 2.45) is 0 Å². The number of halogens is 1. The first-order chi connectivity index (χ1) is 10.5. The number of aromatic hydroxyl groups is 1. The fraction of sp³-hybridized carbons (Fsp3) is 0.600. The number of rotatable bonds is 6. The summed E-state index contributed by atoms with van der Waals surface area (Å²) >= 11 is 3.24. The molecule has 0 aromatic heterocycles. The minimum Gasteiger partial charge on any atom is -0.506 e. The topological polar surface area (TPSA) is 78.6 Å². The highest BCUT2D eigenvalue weighted by atomic mass is 79.9. The van der Waals surface area contributed by atoms with Crippen LogP contribution in [0.15, 0.2) is 16.6 Å². The maximum atomic E-state index is 11.1. The lowest BCUT2D eigenvalue weighted by Gasteiger charge is -2.35. The van der Waals surface area contributed by atoms with Gasteiger partial charge in [0.2, 0.25) is 0 Å². The third-order valence-corrected chi connectivity index (χ3v) is 4.68. The average molecular weight is 372 g/mol. The molecule has 0 spiro atoms. The Morgan fingerprint density at radius 3 is 2.73 bits per heavy atom. The molecule has 7 heteroatoms. The molecule has 1 fully saturated rings. The summed E-state index contributed by atoms with van der Waals surface area (Å²) < 4.78 is 0.383. The Labute approximate surface area is 138 Å². The van der Waals surface area contributed by atoms with Gasteiger partial charge in [-0.3, -0.25) is 15.0 Å². The van der Waals surface area contributed by atoms with Crippen molar-refractivity contribution in [1.82, 2.24) is 10.2 Å². The standard InChI is InChI=1S/C15H22BrN3O3/c1-2-3-4-14(18-7-5-17-6-8-18)12-9-11(19(21)22)10-13(16)15(12)20/h9-10,14,17,20H,2-8H2,1H3/t14-/m1/s1. The van der Waals surface area contributed by atoms with Gasteiger partial charge in [-0.25, -0.2) is 0 Å². The van der Waals surface area contributed by atoms with Crippen LogP contribution in [0.25, 0.3) is 0 Å². The lowest BCUT2D eigenvalue weighted by atomic mass is 9.97. The van der Waals surface area contributed by atoms with Crippen LogP contribution < -0.4 is 5.32 Å². The van der Waals surface area contributed by atoms with E-state index < -0.39 is 4.92 Å². The molecule has 2 N–H and O–H groups in total. The SMILES string of the molecule is CCCC[C@H](c1cc([N+](=O)[O-])cc(Br)c1O)N1CCNCC1. The second kappa shape index (κ2) is 7.89. The maximum absolute atomic E-state index is 11.1. The smallest absolute Gasteiger partial charge is 0.271 e. The summed E-state index contributed by atoms with van der Waals surface area (Å²) in [5.74, 6) is 0.116. The van der Waals surface area contributed by atoms with Crippen molar-refractivity contribution in [3.05, 3.63) is 32.3 Å². The summed E-state index contributed by atoms with van der Waals surface area (Å²) in [6.45, 7) is 5.69. The van der Waals surface area contributed by atoms with Gasteiger partial charge in [-0.15, -0.1) is 0 Å². The molecule has 2 rings (SSSR count). The Balaban J connectivity index is 2.38. The van der Waals surface area contributed by atoms with Crippen LogP contribution in [0.4, 0.5) is 5.69 Å². The molecule has 1 aliphatic rings. The summed E-state index contributed by atoms with van der Waals surface area (Å²) in [6.07, 6.45) is 2.96. The molecule has 6 nitrogen and oxygen atoms in total. The highest BCUT2D eigenvalue weighted by molar-refractivity contribution is 9.10. The van der Waals surface area contributed by atoms with E-state index in [0.717, 1.165) is 45.4 Å². The predicted octanol–water partition coefficient (Wildman–Crippen LogP) is 3.20. The number of piperazine rings is 1. The van der Waals surface area contributed by atoms with Crippen LogP contribution in [0.5, 0.6) is 5.75 Å². The number of nitrogens with zero attached hydrogens (tertiary/aromatic N) is 2. The van der Waals surface area contributed by atoms with E-state index in [1.807, 2.05) is 0 Å². The Hall–Kier alpha value is -1.18. The van der Waals surface area contributed by atoms with Crippen molar-refractivity contribution in [3.63, 3.8) is 0 Å². The number of hydrogen-bond donors (Lipinski definition) is 2. The second-order valence-corrected chi connectivity index (χ2v) is 6.42. The maximum Gasteiger partial charge on any atom is 0.271 e. The molecule has 1 aromatic carbocycles. The quantitative estimate of drug-likeness (QED) is 0.592. The number of non-ortho nitro benzene ring substituents is 1. The van der Waals surface area contributed by atoms with Crippen LogP contribution in [0, 0.1) is 10.1 Å². The Morgan fingerprint density at radius 1 is 1.45 bits per heavy atom. The molecule has 122 valence electrons. The van der Waals surface area contributed by atoms with Gasteiger partial charge in [-0.05, 0) is 22.4 Å². The number of phenols is 1. The Morgan fingerprint density at radius 2 is 2.14 bits per heavy atom. The first-order valence-electron chi connectivity index (χ1n) is 7.66. The summed E-state index contributed by atoms with van der Waals surface area (Å²) in [5, 5.41) is 24.8. The largest absolute Gasteiger partial charge is 0.506 e. The number of unbranched alkanes of at least 4 members (excludes halogenated alkanes) is 1. The number of nitrogens with one attached hydrogen (secondary N) is 1. The van der Waals surface area contributed by atoms with Crippen molar-refractivity contribution < 1.29 is 10.0 Å². The molecular weight excluding hydrogens is 350 g/mol. The van der Waals surface area contributed by atoms with Crippen LogP contribution in [0.1, 0.15) is 37.8 Å². The van der Waals surface area contributed by atoms with E-state index in [1.165, 1.54) is 12.1 Å². The monoisotopic (exact) mass is 371 g/mol. The van der Waals surface area contributed by atoms with E-state index in [4.69, 9.17) is 0 Å². The van der Waals surface area contributed by atoms with Crippen LogP contribution in [0.2, 0.25) is 0 Å². The van der Waals surface area contributed by atoms with Crippen molar-refractivity contribution >= 4 is 21.6 Å². The van der Waals surface area contributed by atoms with Gasteiger partial charge < -0.3 is 10.4 Å². The van der Waals surface area contributed by atoms with Gasteiger partial charge in [0.1, 0.15) is 5.75 Å². The zero-order chi connectivity index (χ0) is 16.1. The lowest BCUT2D eigenvalue weighted by molar-refractivity contribution is -0.385. The van der Waals surface area contributed by atoms with Gasteiger partial charge in [0.25, 0.3) is 5.69 Å². The zero-order valence-corrected chi connectivity index (χ0v) is 14.3. The van der Waals surface area contributed by atoms with E-state index in [-0.39, 0.29) is 17.5 Å². The van der Waals surface area contributed by atoms with Gasteiger partial charge in [0, 0.05) is 49.9 Å². The van der Waals surface area contributed by atoms with Crippen LogP contribution in [-0.2, 0) is 0 Å². The van der Waals surface area contributed by atoms with Crippen LogP contribution in [-0.4, -0.2) is 41.1 Å². The predicted molar refractivity (Wildman–Crippen MR) is 89.2 cm³/mol. The summed E-state index contributed by atoms with van der Waals surface area (Å²) in [6, 6.07) is 2.88. The number of hydrogen-bond acceptors (Lipinski definition) is 5. The molecule has 0 unspecified atom stereocenters. The van der Waals surface area contributed by atoms with E-state index >= 15 is 0 Å². The molecule has 0 bridgehead atoms. The fourth-order valence-corrected chi connectivity index (χ4v) is 3.35. The molecule has 1 saturated heterocycles. The molecule has 1 aliphatic heterocycles. The van der Waals surface area contributed by atoms with Crippen molar-refractivity contribution in [1.29, 1.82) is 0 Å². The summed E-state index contributed by atoms with van der Waals surface area (Å²) in [7, 11) is 0. The molecule has 0 radical (unpaired) electrons. The van der Waals surface area contributed by atoms with E-state index in [9.17, 15) is 15.2 Å². The van der Waals surface area contributed by atoms with Gasteiger partial charge in [0.05, 0.1) is 9.40 Å². The lowest BCUT2D eigenvalue weighted by Crippen LogP contribution is -2.45. The normalized spacial score (nSPS) is 17.4. The first kappa shape index (κ1) is 17.2. The van der Waals surface area contributed by atoms with Crippen molar-refractivity contribution in [2.75, 3.05) is 26.2 Å². The minimum absolute atomic E-state index is 0.0105. The molecule has 1 heterocycles. The van der Waals surface area contributed by atoms with Crippen molar-refractivity contribution in [2.45, 2.75) is 32.2 Å². The third-order valence-electron chi connectivity index (χ3n) is 4.07. The molecule has 22 heavy (non-hydrogen) atoms. The van der Waals surface area contributed by atoms with E-state index in [1.54, 1.807) is 0 Å². The molecule has 1 aromatic rings. The third kappa shape index (κ3) is 3.97. The molecular formula is C15H22BrN3O3. The Kier molecular flexibility index (Phi) is 6.16. The number of phenolic OH excluding ortho intramolecular Hbond substituents is 1. The number of nitro benzene ring substituents is 1. The fourth-order valence-electron chi connectivity index (χ4n) is 2.89. The van der Waals surface area contributed by atoms with Gasteiger partial charge >= 0.3 is 0 Å². The summed E-state index contributed by atoms with van der Waals surface area (Å²) in [4.78, 5) is 13.0. The van der Waals surface area contributed by atoms with Crippen molar-refractivity contribution in [3.8, 4) is 5.75 Å². The highest BCUT2D eigenvalue weighted by Gasteiger charge is 2.27. The molecule has 1 atom stereocenters. The second-order valence-electron chi connectivity index (χ2n) is 5.57. The van der Waals surface area contributed by atoms with Crippen LogP contribution in [0.3, 0.4) is 0 Å². The van der Waals surface area contributed by atoms with Gasteiger partial charge in [0.15, 0.2) is 0 Å². The average Bonchev–Trinajstić information content (AvgIpc) is 2.52. The molecule has 0 aliphatic carbocycles. The first-order valence-corrected chi connectivity index (χ1v) is 8.45. The molecule has 0 saturated carbocycles. The Bertz CT molecular complexity index is 533. The van der Waals surface area contributed by atoms with E-state index in [2.05, 4.69) is 33.1 Å². The van der Waals surface area contributed by atoms with Gasteiger partial charge in [-0.2, -0.15) is 0 Å². The number of benzene rings is 1. The molecule has 0 amide bonds.